The molecule has 220 valence electrons. The fourth-order valence-corrected chi connectivity index (χ4v) is 4.52. The Kier molecular flexibility index (Phi) is 8.80. The molecular formula is C27H30F5N7O2. The molecule has 2 aromatic carbocycles. The van der Waals surface area contributed by atoms with E-state index in [1.54, 1.807) is 31.2 Å². The molecule has 4 N–H and O–H groups in total. The molecule has 1 saturated heterocycles. The summed E-state index contributed by atoms with van der Waals surface area (Å²) in [6.45, 7) is 4.75. The molecule has 0 aliphatic carbocycles. The van der Waals surface area contributed by atoms with Crippen molar-refractivity contribution < 1.29 is 31.5 Å². The molecule has 41 heavy (non-hydrogen) atoms. The van der Waals surface area contributed by atoms with E-state index in [1.165, 1.54) is 12.1 Å². The van der Waals surface area contributed by atoms with Gasteiger partial charge in [0.2, 0.25) is 12.4 Å². The predicted octanol–water partition coefficient (Wildman–Crippen LogP) is 5.33. The number of alkyl halides is 5. The minimum absolute atomic E-state index is 0.0484. The van der Waals surface area contributed by atoms with Crippen LogP contribution in [0.15, 0.2) is 42.6 Å². The Morgan fingerprint density at radius 1 is 1.17 bits per heavy atom. The lowest BCUT2D eigenvalue weighted by atomic mass is 10.0. The minimum atomic E-state index is -4.78. The summed E-state index contributed by atoms with van der Waals surface area (Å²) in [4.78, 5) is 20.5. The lowest BCUT2D eigenvalue weighted by molar-refractivity contribution is -0.137. The van der Waals surface area contributed by atoms with Gasteiger partial charge in [-0.1, -0.05) is 12.1 Å². The van der Waals surface area contributed by atoms with E-state index in [0.717, 1.165) is 0 Å². The van der Waals surface area contributed by atoms with Gasteiger partial charge in [-0.2, -0.15) is 26.9 Å². The molecule has 0 unspecified atom stereocenters. The number of halogens is 5. The largest absolute Gasteiger partial charge is 0.433 e. The summed E-state index contributed by atoms with van der Waals surface area (Å²) in [6, 6.07) is 9.56. The molecule has 2 heterocycles. The zero-order valence-electron chi connectivity index (χ0n) is 22.6. The molecule has 4 rings (SSSR count). The number of benzene rings is 2. The number of carbonyl (C=O) groups is 1. The van der Waals surface area contributed by atoms with Gasteiger partial charge in [0, 0.05) is 55.4 Å². The van der Waals surface area contributed by atoms with Crippen LogP contribution in [0.4, 0.5) is 50.8 Å². The maximum Gasteiger partial charge on any atom is 0.421 e. The Morgan fingerprint density at radius 2 is 1.95 bits per heavy atom. The number of anilines is 5. The number of nitrogens with one attached hydrogen (secondary N) is 4. The number of hydrogen-bond acceptors (Lipinski definition) is 8. The van der Waals surface area contributed by atoms with Gasteiger partial charge in [-0.15, -0.1) is 0 Å². The maximum absolute atomic E-state index is 13.8. The summed E-state index contributed by atoms with van der Waals surface area (Å²) in [5, 5.41) is 11.3. The minimum Gasteiger partial charge on any atom is -0.433 e. The van der Waals surface area contributed by atoms with Gasteiger partial charge >= 0.3 is 12.8 Å². The van der Waals surface area contributed by atoms with Crippen LogP contribution in [-0.4, -0.2) is 48.2 Å². The fraction of sp³-hybridized carbons (Fsp3) is 0.370. The van der Waals surface area contributed by atoms with Gasteiger partial charge in [0.05, 0.1) is 5.69 Å². The van der Waals surface area contributed by atoms with Gasteiger partial charge in [-0.3, -0.25) is 4.79 Å². The first-order chi connectivity index (χ1) is 19.4. The highest BCUT2D eigenvalue weighted by molar-refractivity contribution is 5.70. The van der Waals surface area contributed by atoms with Crippen LogP contribution in [-0.2, 0) is 17.5 Å². The van der Waals surface area contributed by atoms with Crippen molar-refractivity contribution in [2.24, 2.45) is 0 Å². The molecule has 1 aromatic heterocycles. The zero-order chi connectivity index (χ0) is 29.8. The summed E-state index contributed by atoms with van der Waals surface area (Å²) in [5.41, 5.74) is 0.990. The second-order valence-corrected chi connectivity index (χ2v) is 10.1. The Balaban J connectivity index is 1.66. The Labute approximate surface area is 233 Å². The number of amides is 1. The number of hydrogen-bond donors (Lipinski definition) is 4. The van der Waals surface area contributed by atoms with E-state index >= 15 is 0 Å². The van der Waals surface area contributed by atoms with Gasteiger partial charge in [0.15, 0.2) is 5.75 Å². The van der Waals surface area contributed by atoms with E-state index in [0.29, 0.717) is 54.7 Å². The topological polar surface area (TPSA) is 103 Å². The Bertz CT molecular complexity index is 1380. The van der Waals surface area contributed by atoms with Crippen molar-refractivity contribution in [3.05, 3.63) is 59.3 Å². The van der Waals surface area contributed by atoms with Crippen LogP contribution in [0.1, 0.15) is 30.5 Å². The van der Waals surface area contributed by atoms with Crippen molar-refractivity contribution in [2.75, 3.05) is 35.2 Å². The maximum atomic E-state index is 13.8. The van der Waals surface area contributed by atoms with E-state index in [9.17, 15) is 26.7 Å². The molecule has 0 radical (unpaired) electrons. The molecule has 1 amide bonds. The van der Waals surface area contributed by atoms with Crippen molar-refractivity contribution in [3.8, 4) is 5.75 Å². The third-order valence-electron chi connectivity index (χ3n) is 6.53. The second kappa shape index (κ2) is 12.1. The number of ether oxygens (including phenoxy) is 1. The van der Waals surface area contributed by atoms with Crippen molar-refractivity contribution in [1.29, 1.82) is 0 Å². The van der Waals surface area contributed by atoms with Crippen LogP contribution in [0.2, 0.25) is 0 Å². The van der Waals surface area contributed by atoms with E-state index in [4.69, 9.17) is 4.74 Å². The second-order valence-electron chi connectivity index (χ2n) is 10.1. The number of carbonyl (C=O) groups excluding carboxylic acids is 1. The molecule has 1 aliphatic rings. The lowest BCUT2D eigenvalue weighted by Crippen LogP contribution is -2.57. The van der Waals surface area contributed by atoms with E-state index in [-0.39, 0.29) is 29.5 Å². The van der Waals surface area contributed by atoms with E-state index in [2.05, 4.69) is 31.2 Å². The number of nitrogens with zero attached hydrogens (tertiary/aromatic N) is 3. The normalized spacial score (nSPS) is 15.0. The zero-order valence-corrected chi connectivity index (χ0v) is 22.6. The fourth-order valence-electron chi connectivity index (χ4n) is 4.52. The molecule has 3 aromatic rings. The Morgan fingerprint density at radius 3 is 2.63 bits per heavy atom. The van der Waals surface area contributed by atoms with Crippen molar-refractivity contribution in [1.82, 2.24) is 20.6 Å². The molecular weight excluding hydrogens is 549 g/mol. The van der Waals surface area contributed by atoms with Gasteiger partial charge in [0.25, 0.3) is 0 Å². The van der Waals surface area contributed by atoms with Crippen molar-refractivity contribution in [2.45, 2.75) is 45.6 Å². The third-order valence-corrected chi connectivity index (χ3v) is 6.53. The van der Waals surface area contributed by atoms with Gasteiger partial charge < -0.3 is 30.9 Å². The van der Waals surface area contributed by atoms with Crippen LogP contribution >= 0.6 is 0 Å². The molecule has 1 aliphatic heterocycles. The summed E-state index contributed by atoms with van der Waals surface area (Å²) >= 11 is 0. The highest BCUT2D eigenvalue weighted by Crippen LogP contribution is 2.38. The van der Waals surface area contributed by atoms with Crippen LogP contribution in [0.5, 0.6) is 5.75 Å². The van der Waals surface area contributed by atoms with E-state index in [1.807, 2.05) is 18.7 Å². The first-order valence-corrected chi connectivity index (χ1v) is 12.7. The summed E-state index contributed by atoms with van der Waals surface area (Å²) in [6.07, 6.45) is -3.66. The quantitative estimate of drug-likeness (QED) is 0.189. The average Bonchev–Trinajstić information content (AvgIpc) is 2.89. The van der Waals surface area contributed by atoms with Gasteiger partial charge in [-0.25, -0.2) is 4.98 Å². The highest BCUT2D eigenvalue weighted by Gasteiger charge is 2.35. The van der Waals surface area contributed by atoms with Gasteiger partial charge in [-0.05, 0) is 50.1 Å². The smallest absolute Gasteiger partial charge is 0.421 e. The molecule has 0 bridgehead atoms. The van der Waals surface area contributed by atoms with Crippen LogP contribution in [0.3, 0.4) is 0 Å². The number of aromatic nitrogens is 2. The third kappa shape index (κ3) is 7.51. The summed E-state index contributed by atoms with van der Waals surface area (Å²) < 4.78 is 72.9. The van der Waals surface area contributed by atoms with Crippen molar-refractivity contribution >= 4 is 35.2 Å². The molecule has 9 nitrogen and oxygen atoms in total. The first kappa shape index (κ1) is 29.8. The molecule has 1 fully saturated rings. The standard InChI is InChI=1S/C27H30F5N7O2/c1-16-17(12-33-15-40)5-4-6-20(16)36-23-19(27(30,31)32)13-34-25(38-23)37-21-8-7-18(11-22(21)41-24(28)29)39-10-9-35-26(2,3)14-39/h4-8,11,13,15,24,35H,9-10,12,14H2,1-3H3,(H,33,40)(H2,34,36,37,38). The molecule has 0 atom stereocenters. The predicted molar refractivity (Wildman–Crippen MR) is 145 cm³/mol. The summed E-state index contributed by atoms with van der Waals surface area (Å²) in [7, 11) is 0. The first-order valence-electron chi connectivity index (χ1n) is 12.7. The molecule has 0 saturated carbocycles. The van der Waals surface area contributed by atoms with Crippen LogP contribution in [0, 0.1) is 6.92 Å². The molecule has 0 spiro atoms. The van der Waals surface area contributed by atoms with Crippen LogP contribution < -0.4 is 30.9 Å². The highest BCUT2D eigenvalue weighted by atomic mass is 19.4. The van der Waals surface area contributed by atoms with Crippen LogP contribution in [0.25, 0.3) is 0 Å². The number of piperazine rings is 1. The SMILES string of the molecule is Cc1c(CNC=O)cccc1Nc1nc(Nc2ccc(N3CCNC(C)(C)C3)cc2OC(F)F)ncc1C(F)(F)F. The van der Waals surface area contributed by atoms with Crippen molar-refractivity contribution in [3.63, 3.8) is 0 Å². The Hall–Kier alpha value is -4.20. The molecule has 14 heteroatoms. The lowest BCUT2D eigenvalue weighted by Gasteiger charge is -2.40. The van der Waals surface area contributed by atoms with E-state index < -0.39 is 24.2 Å². The average molecular weight is 580 g/mol. The monoisotopic (exact) mass is 579 g/mol. The number of rotatable bonds is 10. The summed E-state index contributed by atoms with van der Waals surface area (Å²) in [5.74, 6) is -1.03. The van der Waals surface area contributed by atoms with Gasteiger partial charge in [0.1, 0.15) is 11.4 Å².